The number of halogens is 3. The third kappa shape index (κ3) is 5.22. The topological polar surface area (TPSA) is 90.9 Å². The van der Waals surface area contributed by atoms with Crippen molar-refractivity contribution in [3.05, 3.63) is 87.8 Å². The van der Waals surface area contributed by atoms with E-state index in [0.717, 1.165) is 6.07 Å². The van der Waals surface area contributed by atoms with Crippen LogP contribution in [0.5, 0.6) is 5.75 Å². The van der Waals surface area contributed by atoms with Gasteiger partial charge < -0.3 is 19.5 Å². The molecule has 212 valence electrons. The standard InChI is InChI=1S/C30H30F3NO6/c1-5-39-28(36)23-16(3)34-21-15-19(17-11-8-10-14-22(17)38-4)25(29(37)40-6-2)27(35)26(21)24(23)18-12-7-9-13-20(18)30(31,32)33/h7-14,19,24-25,34H,5-6,15H2,1-4H3/t19-,24-,25+/m1/s1. The lowest BCUT2D eigenvalue weighted by Crippen LogP contribution is -2.43. The van der Waals surface area contributed by atoms with Gasteiger partial charge in [-0.2, -0.15) is 13.2 Å². The van der Waals surface area contributed by atoms with E-state index in [9.17, 15) is 27.6 Å². The Kier molecular flexibility index (Phi) is 8.37. The summed E-state index contributed by atoms with van der Waals surface area (Å²) in [5.74, 6) is -5.46. The van der Waals surface area contributed by atoms with Crippen molar-refractivity contribution in [2.24, 2.45) is 5.92 Å². The number of para-hydroxylation sites is 1. The molecule has 40 heavy (non-hydrogen) atoms. The van der Waals surface area contributed by atoms with Gasteiger partial charge in [-0.1, -0.05) is 36.4 Å². The molecule has 0 saturated carbocycles. The summed E-state index contributed by atoms with van der Waals surface area (Å²) in [6.45, 7) is 4.71. The van der Waals surface area contributed by atoms with E-state index >= 15 is 0 Å². The average Bonchev–Trinajstić information content (AvgIpc) is 2.91. The van der Waals surface area contributed by atoms with E-state index in [1.54, 1.807) is 45.0 Å². The number of methoxy groups -OCH3 is 1. The Morgan fingerprint density at radius 3 is 2.23 bits per heavy atom. The van der Waals surface area contributed by atoms with Gasteiger partial charge in [-0.25, -0.2) is 4.79 Å². The minimum absolute atomic E-state index is 0.00116. The highest BCUT2D eigenvalue weighted by atomic mass is 19.4. The Bertz CT molecular complexity index is 1390. The van der Waals surface area contributed by atoms with Gasteiger partial charge in [-0.15, -0.1) is 0 Å². The van der Waals surface area contributed by atoms with Gasteiger partial charge in [-0.05, 0) is 50.5 Å². The minimum atomic E-state index is -4.77. The number of rotatable bonds is 7. The average molecular weight is 558 g/mol. The number of carbonyl (C=O) groups is 3. The summed E-state index contributed by atoms with van der Waals surface area (Å²) in [4.78, 5) is 40.8. The van der Waals surface area contributed by atoms with Crippen LogP contribution < -0.4 is 10.1 Å². The molecule has 0 saturated heterocycles. The second kappa shape index (κ2) is 11.6. The molecule has 2 aliphatic rings. The lowest BCUT2D eigenvalue weighted by atomic mass is 9.66. The number of ether oxygens (including phenoxy) is 3. The van der Waals surface area contributed by atoms with Crippen LogP contribution in [0.25, 0.3) is 0 Å². The number of carbonyl (C=O) groups excluding carboxylic acids is 3. The molecule has 0 radical (unpaired) electrons. The molecule has 1 aliphatic heterocycles. The number of esters is 2. The van der Waals surface area contributed by atoms with Crippen molar-refractivity contribution in [2.45, 2.75) is 45.2 Å². The van der Waals surface area contributed by atoms with E-state index in [2.05, 4.69) is 5.32 Å². The molecule has 2 aromatic rings. The number of nitrogens with one attached hydrogen (secondary N) is 1. The van der Waals surface area contributed by atoms with Crippen molar-refractivity contribution in [1.82, 2.24) is 5.32 Å². The zero-order valence-electron chi connectivity index (χ0n) is 22.6. The molecule has 1 heterocycles. The molecule has 3 atom stereocenters. The first-order valence-corrected chi connectivity index (χ1v) is 12.9. The van der Waals surface area contributed by atoms with Gasteiger partial charge in [0, 0.05) is 28.8 Å². The van der Waals surface area contributed by atoms with Crippen LogP contribution in [-0.2, 0) is 30.0 Å². The number of ketones is 1. The van der Waals surface area contributed by atoms with Crippen LogP contribution in [0.2, 0.25) is 0 Å². The van der Waals surface area contributed by atoms with E-state index in [0.29, 0.717) is 17.0 Å². The van der Waals surface area contributed by atoms with Crippen molar-refractivity contribution in [3.63, 3.8) is 0 Å². The fourth-order valence-electron chi connectivity index (χ4n) is 5.60. The third-order valence-corrected chi connectivity index (χ3v) is 7.17. The predicted molar refractivity (Wildman–Crippen MR) is 139 cm³/mol. The molecule has 10 heteroatoms. The second-order valence-electron chi connectivity index (χ2n) is 9.44. The zero-order valence-corrected chi connectivity index (χ0v) is 22.6. The van der Waals surface area contributed by atoms with Crippen LogP contribution in [0.15, 0.2) is 71.1 Å². The summed E-state index contributed by atoms with van der Waals surface area (Å²) < 4.78 is 58.7. The number of Topliss-reactive ketones (excluding diaryl/α,β-unsaturated/α-hetero) is 1. The number of alkyl halides is 3. The van der Waals surface area contributed by atoms with Crippen molar-refractivity contribution in [2.75, 3.05) is 20.3 Å². The summed E-state index contributed by atoms with van der Waals surface area (Å²) in [5.41, 5.74) is -0.309. The maximum absolute atomic E-state index is 14.3. The normalized spacial score (nSPS) is 21.0. The molecule has 1 N–H and O–H groups in total. The highest BCUT2D eigenvalue weighted by molar-refractivity contribution is 6.13. The highest BCUT2D eigenvalue weighted by Crippen LogP contribution is 2.51. The molecule has 4 rings (SSSR count). The van der Waals surface area contributed by atoms with Gasteiger partial charge in [0.05, 0.1) is 31.5 Å². The van der Waals surface area contributed by atoms with Crippen LogP contribution in [0.3, 0.4) is 0 Å². The van der Waals surface area contributed by atoms with Crippen molar-refractivity contribution >= 4 is 17.7 Å². The van der Waals surface area contributed by atoms with Gasteiger partial charge in [0.2, 0.25) is 0 Å². The quantitative estimate of drug-likeness (QED) is 0.359. The summed E-state index contributed by atoms with van der Waals surface area (Å²) in [7, 11) is 1.47. The van der Waals surface area contributed by atoms with E-state index in [-0.39, 0.29) is 42.0 Å². The molecule has 0 bridgehead atoms. The maximum atomic E-state index is 14.3. The smallest absolute Gasteiger partial charge is 0.416 e. The van der Waals surface area contributed by atoms with Gasteiger partial charge in [-0.3, -0.25) is 9.59 Å². The fraction of sp³-hybridized carbons (Fsp3) is 0.367. The van der Waals surface area contributed by atoms with Gasteiger partial charge in [0.15, 0.2) is 5.78 Å². The molecule has 0 spiro atoms. The molecule has 0 fully saturated rings. The molecular formula is C30H30F3NO6. The molecule has 0 unspecified atom stereocenters. The largest absolute Gasteiger partial charge is 0.496 e. The minimum Gasteiger partial charge on any atom is -0.496 e. The molecule has 0 amide bonds. The fourth-order valence-corrected chi connectivity index (χ4v) is 5.60. The lowest BCUT2D eigenvalue weighted by molar-refractivity contribution is -0.152. The van der Waals surface area contributed by atoms with Gasteiger partial charge in [0.25, 0.3) is 0 Å². The number of hydrogen-bond donors (Lipinski definition) is 1. The Balaban J connectivity index is 1.99. The predicted octanol–water partition coefficient (Wildman–Crippen LogP) is 5.43. The second-order valence-corrected chi connectivity index (χ2v) is 9.44. The highest BCUT2D eigenvalue weighted by Gasteiger charge is 2.51. The Morgan fingerprint density at radius 2 is 1.60 bits per heavy atom. The molecular weight excluding hydrogens is 527 g/mol. The van der Waals surface area contributed by atoms with E-state index in [4.69, 9.17) is 14.2 Å². The molecule has 1 aliphatic carbocycles. The monoisotopic (exact) mass is 557 g/mol. The lowest BCUT2D eigenvalue weighted by Gasteiger charge is -2.40. The summed E-state index contributed by atoms with van der Waals surface area (Å²) in [6, 6.07) is 11.7. The SMILES string of the molecule is CCOC(=O)C1=C(C)NC2=C(C(=O)[C@@H](C(=O)OCC)[C@@H](c3ccccc3OC)C2)[C@@H]1c1ccccc1C(F)(F)F. The van der Waals surface area contributed by atoms with Gasteiger partial charge in [0.1, 0.15) is 11.7 Å². The summed E-state index contributed by atoms with van der Waals surface area (Å²) >= 11 is 0. The number of benzene rings is 2. The number of hydrogen-bond acceptors (Lipinski definition) is 7. The van der Waals surface area contributed by atoms with E-state index in [1.807, 2.05) is 0 Å². The molecule has 2 aromatic carbocycles. The van der Waals surface area contributed by atoms with Crippen molar-refractivity contribution in [3.8, 4) is 5.75 Å². The van der Waals surface area contributed by atoms with Crippen molar-refractivity contribution in [1.29, 1.82) is 0 Å². The van der Waals surface area contributed by atoms with Crippen LogP contribution in [0.1, 0.15) is 55.7 Å². The van der Waals surface area contributed by atoms with Crippen molar-refractivity contribution < 1.29 is 41.8 Å². The van der Waals surface area contributed by atoms with Crippen LogP contribution in [0.4, 0.5) is 13.2 Å². The third-order valence-electron chi connectivity index (χ3n) is 7.17. The summed E-state index contributed by atoms with van der Waals surface area (Å²) in [6.07, 6.45) is -4.68. The molecule has 0 aromatic heterocycles. The number of allylic oxidation sites excluding steroid dienone is 3. The molecule has 7 nitrogen and oxygen atoms in total. The summed E-state index contributed by atoms with van der Waals surface area (Å²) in [5, 5.41) is 3.09. The maximum Gasteiger partial charge on any atom is 0.416 e. The first-order valence-electron chi connectivity index (χ1n) is 12.9. The first-order chi connectivity index (χ1) is 19.0. The van der Waals surface area contributed by atoms with Crippen LogP contribution in [0, 0.1) is 5.92 Å². The first kappa shape index (κ1) is 28.9. The Morgan fingerprint density at radius 1 is 0.975 bits per heavy atom. The zero-order chi connectivity index (χ0) is 29.2. The van der Waals surface area contributed by atoms with Gasteiger partial charge >= 0.3 is 18.1 Å². The number of dihydropyridines is 1. The van der Waals surface area contributed by atoms with Crippen LogP contribution in [-0.4, -0.2) is 38.0 Å². The Hall–Kier alpha value is -4.08. The van der Waals surface area contributed by atoms with E-state index in [1.165, 1.54) is 25.3 Å². The Labute approximate surface area is 230 Å². The van der Waals surface area contributed by atoms with Crippen LogP contribution >= 0.6 is 0 Å². The van der Waals surface area contributed by atoms with E-state index < -0.39 is 47.2 Å².